The first-order chi connectivity index (χ1) is 15.8. The number of nitrogen functional groups attached to an aromatic ring is 2. The molecule has 0 spiro atoms. The van der Waals surface area contributed by atoms with Crippen molar-refractivity contribution < 1.29 is 4.92 Å². The zero-order chi connectivity index (χ0) is 23.5. The molecular weight excluding hydrogens is 467 g/mol. The van der Waals surface area contributed by atoms with Gasteiger partial charge in [-0.15, -0.1) is 0 Å². The second kappa shape index (κ2) is 9.31. The van der Waals surface area contributed by atoms with Crippen molar-refractivity contribution in [2.45, 2.75) is 5.92 Å². The zero-order valence-electron chi connectivity index (χ0n) is 17.0. The highest BCUT2D eigenvalue weighted by Crippen LogP contribution is 2.33. The molecule has 0 aliphatic carbocycles. The van der Waals surface area contributed by atoms with Gasteiger partial charge in [0.25, 0.3) is 0 Å². The Morgan fingerprint density at radius 2 is 1.97 bits per heavy atom. The van der Waals surface area contributed by atoms with Crippen molar-refractivity contribution in [3.8, 4) is 11.3 Å². The number of nitrogens with one attached hydrogen (secondary N) is 2. The van der Waals surface area contributed by atoms with E-state index in [0.717, 1.165) is 5.69 Å². The minimum Gasteiger partial charge on any atom is -0.396 e. The van der Waals surface area contributed by atoms with Gasteiger partial charge in [-0.05, 0) is 36.4 Å². The fourth-order valence-corrected chi connectivity index (χ4v) is 3.83. The maximum atomic E-state index is 11.1. The molecule has 0 bridgehead atoms. The first-order valence-electron chi connectivity index (χ1n) is 9.69. The minimum atomic E-state index is -0.570. The van der Waals surface area contributed by atoms with E-state index in [-0.39, 0.29) is 17.4 Å². The molecule has 4 aromatic rings. The van der Waals surface area contributed by atoms with E-state index in [2.05, 4.69) is 25.3 Å². The molecule has 10 nitrogen and oxygen atoms in total. The first kappa shape index (κ1) is 22.3. The summed E-state index contributed by atoms with van der Waals surface area (Å²) in [6.07, 6.45) is 3.26. The van der Waals surface area contributed by atoms with Crippen molar-refractivity contribution in [2.24, 2.45) is 0 Å². The van der Waals surface area contributed by atoms with E-state index in [9.17, 15) is 10.1 Å². The topological polar surface area (TPSA) is 162 Å². The van der Waals surface area contributed by atoms with Crippen LogP contribution in [0.5, 0.6) is 0 Å². The standard InChI is InChI=1S/C21H18Cl2N8O2/c22-11-3-4-12(14(23)8-11)19-15(24)10-28-21(30-19)27-9-13(16-2-1-7-26-16)17-5-6-18(31(32)33)20(25)29-17/h1-8,10,13,26H,9,24H2,(H2,25,29)(H,27,28,30). The van der Waals surface area contributed by atoms with Gasteiger partial charge in [0, 0.05) is 35.1 Å². The quantitative estimate of drug-likeness (QED) is 0.220. The molecule has 4 rings (SSSR count). The Labute approximate surface area is 198 Å². The minimum absolute atomic E-state index is 0.155. The summed E-state index contributed by atoms with van der Waals surface area (Å²) in [7, 11) is 0. The highest BCUT2D eigenvalue weighted by molar-refractivity contribution is 6.36. The summed E-state index contributed by atoms with van der Waals surface area (Å²) in [6.45, 7) is 0.322. The van der Waals surface area contributed by atoms with Crippen LogP contribution in [0.2, 0.25) is 10.0 Å². The second-order valence-corrected chi connectivity index (χ2v) is 7.92. The SMILES string of the molecule is Nc1cnc(NCC(c2ccc([N+](=O)[O-])c(N)n2)c2ccc[nH]2)nc1-c1ccc(Cl)cc1Cl. The third-order valence-corrected chi connectivity index (χ3v) is 5.49. The van der Waals surface area contributed by atoms with E-state index in [1.54, 1.807) is 30.5 Å². The molecular formula is C21H18Cl2N8O2. The van der Waals surface area contributed by atoms with Crippen LogP contribution in [0.3, 0.4) is 0 Å². The number of hydrogen-bond acceptors (Lipinski definition) is 8. The fourth-order valence-electron chi connectivity index (χ4n) is 3.33. The maximum absolute atomic E-state index is 11.1. The number of hydrogen-bond donors (Lipinski definition) is 4. The average Bonchev–Trinajstić information content (AvgIpc) is 3.30. The van der Waals surface area contributed by atoms with Crippen molar-refractivity contribution in [1.82, 2.24) is 19.9 Å². The molecule has 33 heavy (non-hydrogen) atoms. The van der Waals surface area contributed by atoms with Crippen molar-refractivity contribution in [3.05, 3.63) is 86.4 Å². The molecule has 3 heterocycles. The summed E-state index contributed by atoms with van der Waals surface area (Å²) in [5.41, 5.74) is 14.5. The fraction of sp³-hybridized carbons (Fsp3) is 0.0952. The number of nitrogens with zero attached hydrogens (tertiary/aromatic N) is 4. The summed E-state index contributed by atoms with van der Waals surface area (Å²) in [5.74, 6) is -0.152. The van der Waals surface area contributed by atoms with Crippen molar-refractivity contribution in [2.75, 3.05) is 23.3 Å². The number of benzene rings is 1. The summed E-state index contributed by atoms with van der Waals surface area (Å²) in [4.78, 5) is 26.7. The van der Waals surface area contributed by atoms with Gasteiger partial charge in [0.15, 0.2) is 0 Å². The van der Waals surface area contributed by atoms with Gasteiger partial charge in [-0.25, -0.2) is 15.0 Å². The number of H-pyrrole nitrogens is 1. The molecule has 168 valence electrons. The Hall–Kier alpha value is -3.89. The molecule has 12 heteroatoms. The summed E-state index contributed by atoms with van der Waals surface area (Å²) in [5, 5.41) is 15.2. The normalized spacial score (nSPS) is 11.8. The largest absolute Gasteiger partial charge is 0.396 e. The Morgan fingerprint density at radius 3 is 2.64 bits per heavy atom. The highest BCUT2D eigenvalue weighted by Gasteiger charge is 2.21. The van der Waals surface area contributed by atoms with Gasteiger partial charge in [-0.3, -0.25) is 10.1 Å². The van der Waals surface area contributed by atoms with Crippen molar-refractivity contribution in [3.63, 3.8) is 0 Å². The molecule has 0 saturated carbocycles. The molecule has 0 aliphatic heterocycles. The zero-order valence-corrected chi connectivity index (χ0v) is 18.5. The Balaban J connectivity index is 1.63. The van der Waals surface area contributed by atoms with Crippen LogP contribution in [0, 0.1) is 10.1 Å². The Morgan fingerprint density at radius 1 is 1.15 bits per heavy atom. The Bertz CT molecular complexity index is 1310. The number of pyridine rings is 1. The van der Waals surface area contributed by atoms with Crippen LogP contribution in [0.25, 0.3) is 11.3 Å². The van der Waals surface area contributed by atoms with Gasteiger partial charge in [-0.2, -0.15) is 0 Å². The number of rotatable bonds is 7. The molecule has 6 N–H and O–H groups in total. The number of nitro groups is 1. The number of halogens is 2. The van der Waals surface area contributed by atoms with Crippen molar-refractivity contribution >= 4 is 46.3 Å². The van der Waals surface area contributed by atoms with Crippen LogP contribution in [0.4, 0.5) is 23.1 Å². The molecule has 1 atom stereocenters. The van der Waals surface area contributed by atoms with Crippen LogP contribution in [0.1, 0.15) is 17.3 Å². The molecule has 0 amide bonds. The van der Waals surface area contributed by atoms with Gasteiger partial charge in [0.2, 0.25) is 11.8 Å². The number of aromatic amines is 1. The van der Waals surface area contributed by atoms with E-state index in [1.165, 1.54) is 12.3 Å². The van der Waals surface area contributed by atoms with Gasteiger partial charge < -0.3 is 21.8 Å². The van der Waals surface area contributed by atoms with E-state index >= 15 is 0 Å². The number of anilines is 3. The van der Waals surface area contributed by atoms with Gasteiger partial charge >= 0.3 is 5.69 Å². The van der Waals surface area contributed by atoms with Gasteiger partial charge in [0.05, 0.1) is 33.4 Å². The third kappa shape index (κ3) is 4.81. The van der Waals surface area contributed by atoms with E-state index in [0.29, 0.717) is 45.2 Å². The lowest BCUT2D eigenvalue weighted by molar-refractivity contribution is -0.384. The van der Waals surface area contributed by atoms with E-state index in [1.807, 2.05) is 12.1 Å². The monoisotopic (exact) mass is 484 g/mol. The Kier molecular flexibility index (Phi) is 6.29. The molecule has 3 aromatic heterocycles. The van der Waals surface area contributed by atoms with E-state index < -0.39 is 4.92 Å². The van der Waals surface area contributed by atoms with Crippen LogP contribution in [-0.4, -0.2) is 31.4 Å². The molecule has 1 unspecified atom stereocenters. The highest BCUT2D eigenvalue weighted by atomic mass is 35.5. The molecule has 0 fully saturated rings. The van der Waals surface area contributed by atoms with Crippen LogP contribution < -0.4 is 16.8 Å². The number of nitrogens with two attached hydrogens (primary N) is 2. The average molecular weight is 485 g/mol. The lowest BCUT2D eigenvalue weighted by atomic mass is 10.0. The lowest BCUT2D eigenvalue weighted by Gasteiger charge is -2.17. The summed E-state index contributed by atoms with van der Waals surface area (Å²) < 4.78 is 0. The molecule has 0 radical (unpaired) electrons. The van der Waals surface area contributed by atoms with E-state index in [4.69, 9.17) is 34.7 Å². The van der Waals surface area contributed by atoms with Crippen LogP contribution in [-0.2, 0) is 0 Å². The smallest absolute Gasteiger partial charge is 0.311 e. The van der Waals surface area contributed by atoms with Crippen LogP contribution in [0.15, 0.2) is 54.9 Å². The molecule has 0 saturated heterocycles. The van der Waals surface area contributed by atoms with Crippen molar-refractivity contribution in [1.29, 1.82) is 0 Å². The second-order valence-electron chi connectivity index (χ2n) is 7.08. The lowest BCUT2D eigenvalue weighted by Crippen LogP contribution is -2.18. The summed E-state index contributed by atoms with van der Waals surface area (Å²) in [6, 6.07) is 11.7. The van der Waals surface area contributed by atoms with Gasteiger partial charge in [0.1, 0.15) is 5.69 Å². The third-order valence-electron chi connectivity index (χ3n) is 4.94. The number of aromatic nitrogens is 4. The molecule has 0 aliphatic rings. The van der Waals surface area contributed by atoms with Crippen LogP contribution >= 0.6 is 23.2 Å². The maximum Gasteiger partial charge on any atom is 0.311 e. The van der Waals surface area contributed by atoms with Gasteiger partial charge in [-0.1, -0.05) is 23.2 Å². The first-order valence-corrected chi connectivity index (χ1v) is 10.4. The predicted octanol–water partition coefficient (Wildman–Crippen LogP) is 4.49. The predicted molar refractivity (Wildman–Crippen MR) is 128 cm³/mol. The summed E-state index contributed by atoms with van der Waals surface area (Å²) >= 11 is 12.3. The molecule has 1 aromatic carbocycles.